The molecular weight excluding hydrogens is 220 g/mol. The monoisotopic (exact) mass is 236 g/mol. The second kappa shape index (κ2) is 4.80. The quantitative estimate of drug-likeness (QED) is 0.887. The first-order valence-corrected chi connectivity index (χ1v) is 6.31. The molecule has 2 rings (SSSR count). The summed E-state index contributed by atoms with van der Waals surface area (Å²) in [6.07, 6.45) is 3.80. The van der Waals surface area contributed by atoms with Crippen molar-refractivity contribution in [3.8, 4) is 10.6 Å². The van der Waals surface area contributed by atoms with Crippen molar-refractivity contribution in [1.29, 1.82) is 0 Å². The van der Waals surface area contributed by atoms with Crippen LogP contribution in [0.25, 0.3) is 10.6 Å². The van der Waals surface area contributed by atoms with Gasteiger partial charge in [0.15, 0.2) is 0 Å². The van der Waals surface area contributed by atoms with Crippen molar-refractivity contribution in [1.82, 2.24) is 4.98 Å². The van der Waals surface area contributed by atoms with Gasteiger partial charge in [0.2, 0.25) is 0 Å². The number of aryl methyl sites for hydroxylation is 2. The Balaban J connectivity index is 2.39. The summed E-state index contributed by atoms with van der Waals surface area (Å²) in [6.45, 7) is 4.69. The predicted molar refractivity (Wildman–Crippen MR) is 66.4 cm³/mol. The summed E-state index contributed by atoms with van der Waals surface area (Å²) in [5.74, 6) is 0.917. The van der Waals surface area contributed by atoms with Gasteiger partial charge in [-0.25, -0.2) is 4.98 Å². The van der Waals surface area contributed by atoms with Crippen LogP contribution in [-0.2, 0) is 13.0 Å². The maximum absolute atomic E-state index is 5.73. The fraction of sp³-hybridized carbons (Fsp3) is 0.417. The molecule has 16 heavy (non-hydrogen) atoms. The molecule has 2 aromatic heterocycles. The largest absolute Gasteiger partial charge is 0.469 e. The molecular formula is C12H16N2OS. The van der Waals surface area contributed by atoms with Gasteiger partial charge in [0.1, 0.15) is 10.8 Å². The van der Waals surface area contributed by atoms with E-state index in [4.69, 9.17) is 10.2 Å². The lowest BCUT2D eigenvalue weighted by Gasteiger charge is -1.94. The summed E-state index contributed by atoms with van der Waals surface area (Å²) in [5, 5.41) is 1.02. The average molecular weight is 236 g/mol. The van der Waals surface area contributed by atoms with Crippen molar-refractivity contribution < 1.29 is 4.42 Å². The van der Waals surface area contributed by atoms with E-state index in [0.29, 0.717) is 6.54 Å². The highest BCUT2D eigenvalue weighted by Gasteiger charge is 2.13. The zero-order chi connectivity index (χ0) is 11.5. The summed E-state index contributed by atoms with van der Waals surface area (Å²) in [4.78, 5) is 5.84. The zero-order valence-corrected chi connectivity index (χ0v) is 10.4. The minimum Gasteiger partial charge on any atom is -0.469 e. The lowest BCUT2D eigenvalue weighted by molar-refractivity contribution is 0.535. The third-order valence-corrected chi connectivity index (χ3v) is 3.69. The molecule has 0 fully saturated rings. The molecule has 0 aromatic carbocycles. The van der Waals surface area contributed by atoms with Gasteiger partial charge in [-0.2, -0.15) is 0 Å². The third-order valence-electron chi connectivity index (χ3n) is 2.54. The summed E-state index contributed by atoms with van der Waals surface area (Å²) in [5.41, 5.74) is 7.96. The first-order chi connectivity index (χ1) is 7.76. The predicted octanol–water partition coefficient (Wildman–Crippen LogP) is 3.12. The first-order valence-electron chi connectivity index (χ1n) is 5.49. The fourth-order valence-corrected chi connectivity index (χ4v) is 2.76. The Morgan fingerprint density at radius 1 is 1.50 bits per heavy atom. The topological polar surface area (TPSA) is 52.0 Å². The molecule has 0 bridgehead atoms. The second-order valence-electron chi connectivity index (χ2n) is 3.73. The van der Waals surface area contributed by atoms with Crippen molar-refractivity contribution in [2.75, 3.05) is 0 Å². The molecule has 0 amide bonds. The number of rotatable bonds is 4. The molecule has 3 nitrogen and oxygen atoms in total. The van der Waals surface area contributed by atoms with Crippen molar-refractivity contribution >= 4 is 11.3 Å². The van der Waals surface area contributed by atoms with Gasteiger partial charge < -0.3 is 10.2 Å². The number of thiazole rings is 1. The number of nitrogens with zero attached hydrogens (tertiary/aromatic N) is 1. The molecule has 0 aliphatic heterocycles. The molecule has 0 radical (unpaired) electrons. The highest BCUT2D eigenvalue weighted by molar-refractivity contribution is 7.15. The molecule has 0 unspecified atom stereocenters. The van der Waals surface area contributed by atoms with E-state index < -0.39 is 0 Å². The summed E-state index contributed by atoms with van der Waals surface area (Å²) >= 11 is 1.68. The van der Waals surface area contributed by atoms with Crippen LogP contribution < -0.4 is 5.73 Å². The highest BCUT2D eigenvalue weighted by Crippen LogP contribution is 2.31. The summed E-state index contributed by atoms with van der Waals surface area (Å²) in [6, 6.07) is 1.96. The normalized spacial score (nSPS) is 10.9. The van der Waals surface area contributed by atoms with E-state index in [1.165, 1.54) is 4.88 Å². The Hall–Kier alpha value is -1.13. The SMILES string of the molecule is CCCc1nc(-c2ccoc2C)sc1CN. The number of furan rings is 1. The van der Waals surface area contributed by atoms with E-state index in [9.17, 15) is 0 Å². The van der Waals surface area contributed by atoms with Gasteiger partial charge in [-0.3, -0.25) is 0 Å². The molecule has 0 aliphatic carbocycles. The first kappa shape index (κ1) is 11.4. The van der Waals surface area contributed by atoms with Crippen LogP contribution in [0.15, 0.2) is 16.7 Å². The van der Waals surface area contributed by atoms with Gasteiger partial charge in [-0.1, -0.05) is 13.3 Å². The molecule has 4 heteroatoms. The maximum atomic E-state index is 5.73. The van der Waals surface area contributed by atoms with Crippen LogP contribution in [0.4, 0.5) is 0 Å². The van der Waals surface area contributed by atoms with E-state index in [-0.39, 0.29) is 0 Å². The van der Waals surface area contributed by atoms with Gasteiger partial charge >= 0.3 is 0 Å². The molecule has 2 heterocycles. The van der Waals surface area contributed by atoms with Crippen molar-refractivity contribution in [3.05, 3.63) is 28.7 Å². The van der Waals surface area contributed by atoms with Gasteiger partial charge in [-0.05, 0) is 19.4 Å². The van der Waals surface area contributed by atoms with Crippen LogP contribution in [0.1, 0.15) is 29.7 Å². The second-order valence-corrected chi connectivity index (χ2v) is 4.82. The summed E-state index contributed by atoms with van der Waals surface area (Å²) < 4.78 is 5.30. The van der Waals surface area contributed by atoms with Crippen molar-refractivity contribution in [2.24, 2.45) is 5.73 Å². The minimum absolute atomic E-state index is 0.573. The molecule has 2 aromatic rings. The molecule has 0 spiro atoms. The molecule has 0 saturated heterocycles. The van der Waals surface area contributed by atoms with Crippen LogP contribution in [0.2, 0.25) is 0 Å². The van der Waals surface area contributed by atoms with Crippen LogP contribution in [0.3, 0.4) is 0 Å². The molecule has 0 saturated carbocycles. The average Bonchev–Trinajstić information content (AvgIpc) is 2.85. The number of aromatic nitrogens is 1. The van der Waals surface area contributed by atoms with Crippen LogP contribution in [0, 0.1) is 6.92 Å². The fourth-order valence-electron chi connectivity index (χ4n) is 1.70. The molecule has 0 atom stereocenters. The lowest BCUT2D eigenvalue weighted by atomic mass is 10.2. The molecule has 0 aliphatic rings. The van der Waals surface area contributed by atoms with Crippen molar-refractivity contribution in [2.45, 2.75) is 33.2 Å². The van der Waals surface area contributed by atoms with Gasteiger partial charge in [0.05, 0.1) is 17.5 Å². The lowest BCUT2D eigenvalue weighted by Crippen LogP contribution is -1.97. The molecule has 86 valence electrons. The van der Waals surface area contributed by atoms with Crippen LogP contribution in [-0.4, -0.2) is 4.98 Å². The Morgan fingerprint density at radius 2 is 2.31 bits per heavy atom. The Kier molecular flexibility index (Phi) is 3.41. The van der Waals surface area contributed by atoms with Crippen LogP contribution in [0.5, 0.6) is 0 Å². The van der Waals surface area contributed by atoms with Crippen LogP contribution >= 0.6 is 11.3 Å². The zero-order valence-electron chi connectivity index (χ0n) is 9.62. The highest BCUT2D eigenvalue weighted by atomic mass is 32.1. The number of hydrogen-bond donors (Lipinski definition) is 1. The number of hydrogen-bond acceptors (Lipinski definition) is 4. The molecule has 2 N–H and O–H groups in total. The van der Waals surface area contributed by atoms with Crippen molar-refractivity contribution in [3.63, 3.8) is 0 Å². The maximum Gasteiger partial charge on any atom is 0.127 e. The van der Waals surface area contributed by atoms with E-state index in [0.717, 1.165) is 34.9 Å². The minimum atomic E-state index is 0.573. The van der Waals surface area contributed by atoms with E-state index >= 15 is 0 Å². The van der Waals surface area contributed by atoms with E-state index in [1.54, 1.807) is 17.6 Å². The third kappa shape index (κ3) is 2.03. The van der Waals surface area contributed by atoms with Gasteiger partial charge in [0.25, 0.3) is 0 Å². The standard InChI is InChI=1S/C12H16N2OS/c1-3-4-10-11(7-13)16-12(14-10)9-5-6-15-8(9)2/h5-6H,3-4,7,13H2,1-2H3. The van der Waals surface area contributed by atoms with E-state index in [1.807, 2.05) is 13.0 Å². The Bertz CT molecular complexity index is 473. The van der Waals surface area contributed by atoms with Gasteiger partial charge in [0, 0.05) is 11.4 Å². The Labute approximate surface area is 99.3 Å². The van der Waals surface area contributed by atoms with Gasteiger partial charge in [-0.15, -0.1) is 11.3 Å². The number of nitrogens with two attached hydrogens (primary N) is 1. The van der Waals surface area contributed by atoms with E-state index in [2.05, 4.69) is 11.9 Å². The summed E-state index contributed by atoms with van der Waals surface area (Å²) in [7, 11) is 0. The Morgan fingerprint density at radius 3 is 2.88 bits per heavy atom. The smallest absolute Gasteiger partial charge is 0.127 e.